The summed E-state index contributed by atoms with van der Waals surface area (Å²) < 4.78 is 5.36. The Bertz CT molecular complexity index is 521. The largest absolute Gasteiger partial charge is 0.444 e. The predicted molar refractivity (Wildman–Crippen MR) is 115 cm³/mol. The first kappa shape index (κ1) is 23.9. The lowest BCUT2D eigenvalue weighted by Gasteiger charge is -2.42. The first-order chi connectivity index (χ1) is 13.7. The average Bonchev–Trinajstić information content (AvgIpc) is 2.66. The second-order valence-corrected chi connectivity index (χ2v) is 9.38. The molecule has 2 aliphatic rings. The molecule has 29 heavy (non-hydrogen) atoms. The lowest BCUT2D eigenvalue weighted by Crippen LogP contribution is -2.57. The SMILES string of the molecule is CN1CCC(N2CCN(C(=O)[C@H](CCCCN)NC(=O)OC(C)(C)C)CC2)CC1. The molecule has 0 aromatic heterocycles. The molecule has 168 valence electrons. The molecular weight excluding hydrogens is 370 g/mol. The molecule has 2 rings (SSSR count). The maximum Gasteiger partial charge on any atom is 0.408 e. The van der Waals surface area contributed by atoms with Crippen LogP contribution in [0.2, 0.25) is 0 Å². The molecule has 2 saturated heterocycles. The van der Waals surface area contributed by atoms with Crippen LogP contribution in [-0.4, -0.2) is 97.2 Å². The van der Waals surface area contributed by atoms with Gasteiger partial charge in [0, 0.05) is 32.2 Å². The molecule has 2 amide bonds. The molecule has 1 atom stereocenters. The van der Waals surface area contributed by atoms with Gasteiger partial charge in [-0.25, -0.2) is 4.79 Å². The van der Waals surface area contributed by atoms with Crippen LogP contribution < -0.4 is 11.1 Å². The Morgan fingerprint density at radius 2 is 1.69 bits per heavy atom. The van der Waals surface area contributed by atoms with E-state index < -0.39 is 17.7 Å². The van der Waals surface area contributed by atoms with Gasteiger partial charge in [0.25, 0.3) is 0 Å². The topological polar surface area (TPSA) is 91.1 Å². The fourth-order valence-electron chi connectivity index (χ4n) is 4.09. The molecule has 2 heterocycles. The molecule has 8 heteroatoms. The smallest absolute Gasteiger partial charge is 0.408 e. The van der Waals surface area contributed by atoms with Gasteiger partial charge in [-0.05, 0) is 79.6 Å². The van der Waals surface area contributed by atoms with Crippen molar-refractivity contribution in [3.05, 3.63) is 0 Å². The molecule has 0 saturated carbocycles. The highest BCUT2D eigenvalue weighted by Gasteiger charge is 2.32. The van der Waals surface area contributed by atoms with E-state index in [1.54, 1.807) is 0 Å². The summed E-state index contributed by atoms with van der Waals surface area (Å²) >= 11 is 0. The molecule has 3 N–H and O–H groups in total. The van der Waals surface area contributed by atoms with Gasteiger partial charge in [0.05, 0.1) is 0 Å². The predicted octanol–water partition coefficient (Wildman–Crippen LogP) is 1.25. The van der Waals surface area contributed by atoms with Gasteiger partial charge in [-0.1, -0.05) is 0 Å². The minimum Gasteiger partial charge on any atom is -0.444 e. The second-order valence-electron chi connectivity index (χ2n) is 9.38. The number of hydrogen-bond donors (Lipinski definition) is 2. The number of piperidine rings is 1. The lowest BCUT2D eigenvalue weighted by molar-refractivity contribution is -0.136. The van der Waals surface area contributed by atoms with Crippen molar-refractivity contribution in [2.75, 3.05) is 52.9 Å². The average molecular weight is 412 g/mol. The van der Waals surface area contributed by atoms with E-state index in [-0.39, 0.29) is 5.91 Å². The van der Waals surface area contributed by atoms with Gasteiger partial charge < -0.3 is 25.6 Å². The molecule has 2 aliphatic heterocycles. The summed E-state index contributed by atoms with van der Waals surface area (Å²) in [5.74, 6) is -0.00379. The van der Waals surface area contributed by atoms with E-state index in [0.717, 1.165) is 39.0 Å². The summed E-state index contributed by atoms with van der Waals surface area (Å²) in [6.45, 7) is 11.6. The first-order valence-corrected chi connectivity index (χ1v) is 11.1. The van der Waals surface area contributed by atoms with Crippen LogP contribution in [0, 0.1) is 0 Å². The zero-order valence-corrected chi connectivity index (χ0v) is 18.8. The second kappa shape index (κ2) is 11.1. The van der Waals surface area contributed by atoms with Crippen LogP contribution in [0.4, 0.5) is 4.79 Å². The number of alkyl carbamates (subject to hydrolysis) is 1. The van der Waals surface area contributed by atoms with Crippen molar-refractivity contribution in [2.45, 2.75) is 70.6 Å². The highest BCUT2D eigenvalue weighted by Crippen LogP contribution is 2.18. The standard InChI is InChI=1S/C21H41N5O3/c1-21(2,3)29-20(28)23-18(7-5-6-10-22)19(27)26-15-13-25(14-16-26)17-8-11-24(4)12-9-17/h17-18H,5-16,22H2,1-4H3,(H,23,28)/t18-/m0/s1. The van der Waals surface area contributed by atoms with Crippen molar-refractivity contribution in [3.63, 3.8) is 0 Å². The van der Waals surface area contributed by atoms with Crippen molar-refractivity contribution in [1.82, 2.24) is 20.0 Å². The molecule has 0 aromatic rings. The summed E-state index contributed by atoms with van der Waals surface area (Å²) in [7, 11) is 2.18. The monoisotopic (exact) mass is 411 g/mol. The van der Waals surface area contributed by atoms with Gasteiger partial charge >= 0.3 is 6.09 Å². The Labute approximate surface area is 176 Å². The fourth-order valence-corrected chi connectivity index (χ4v) is 4.09. The number of amides is 2. The van der Waals surface area contributed by atoms with E-state index in [2.05, 4.69) is 22.2 Å². The van der Waals surface area contributed by atoms with E-state index in [1.807, 2.05) is 25.7 Å². The van der Waals surface area contributed by atoms with Gasteiger partial charge in [-0.2, -0.15) is 0 Å². The Hall–Kier alpha value is -1.38. The summed E-state index contributed by atoms with van der Waals surface area (Å²) in [6.07, 6.45) is 4.10. The van der Waals surface area contributed by atoms with E-state index in [4.69, 9.17) is 10.5 Å². The number of nitrogens with two attached hydrogens (primary N) is 1. The van der Waals surface area contributed by atoms with Crippen LogP contribution in [0.1, 0.15) is 52.9 Å². The van der Waals surface area contributed by atoms with Crippen molar-refractivity contribution >= 4 is 12.0 Å². The Morgan fingerprint density at radius 1 is 1.07 bits per heavy atom. The van der Waals surface area contributed by atoms with E-state index in [1.165, 1.54) is 12.8 Å². The number of rotatable bonds is 7. The molecular formula is C21H41N5O3. The number of nitrogens with zero attached hydrogens (tertiary/aromatic N) is 3. The van der Waals surface area contributed by atoms with Crippen molar-refractivity contribution < 1.29 is 14.3 Å². The van der Waals surface area contributed by atoms with Gasteiger partial charge in [0.2, 0.25) is 5.91 Å². The van der Waals surface area contributed by atoms with Crippen LogP contribution in [-0.2, 0) is 9.53 Å². The Morgan fingerprint density at radius 3 is 2.24 bits per heavy atom. The van der Waals surface area contributed by atoms with Gasteiger partial charge in [0.1, 0.15) is 11.6 Å². The maximum absolute atomic E-state index is 13.1. The summed E-state index contributed by atoms with van der Waals surface area (Å²) in [6, 6.07) is 0.0787. The van der Waals surface area contributed by atoms with Gasteiger partial charge in [0.15, 0.2) is 0 Å². The highest BCUT2D eigenvalue weighted by molar-refractivity contribution is 5.85. The van der Waals surface area contributed by atoms with Crippen LogP contribution in [0.25, 0.3) is 0 Å². The van der Waals surface area contributed by atoms with Gasteiger partial charge in [-0.15, -0.1) is 0 Å². The lowest BCUT2D eigenvalue weighted by atomic mass is 10.0. The first-order valence-electron chi connectivity index (χ1n) is 11.1. The number of nitrogens with one attached hydrogen (secondary N) is 1. The Balaban J connectivity index is 1.88. The number of ether oxygens (including phenoxy) is 1. The maximum atomic E-state index is 13.1. The number of unbranched alkanes of at least 4 members (excludes halogenated alkanes) is 1. The van der Waals surface area contributed by atoms with E-state index in [0.29, 0.717) is 32.1 Å². The van der Waals surface area contributed by atoms with Crippen molar-refractivity contribution in [3.8, 4) is 0 Å². The van der Waals surface area contributed by atoms with E-state index >= 15 is 0 Å². The zero-order chi connectivity index (χ0) is 21.4. The number of carbonyl (C=O) groups is 2. The summed E-state index contributed by atoms with van der Waals surface area (Å²) in [4.78, 5) is 32.2. The molecule has 8 nitrogen and oxygen atoms in total. The number of carbonyl (C=O) groups excluding carboxylic acids is 2. The highest BCUT2D eigenvalue weighted by atomic mass is 16.6. The zero-order valence-electron chi connectivity index (χ0n) is 18.8. The number of piperazine rings is 1. The Kier molecular flexibility index (Phi) is 9.17. The quantitative estimate of drug-likeness (QED) is 0.613. The number of likely N-dealkylation sites (tertiary alicyclic amines) is 1. The molecule has 0 bridgehead atoms. The molecule has 0 radical (unpaired) electrons. The summed E-state index contributed by atoms with van der Waals surface area (Å²) in [5, 5.41) is 2.80. The molecule has 2 fully saturated rings. The van der Waals surface area contributed by atoms with Crippen LogP contribution in [0.3, 0.4) is 0 Å². The van der Waals surface area contributed by atoms with Gasteiger partial charge in [-0.3, -0.25) is 9.69 Å². The van der Waals surface area contributed by atoms with Crippen LogP contribution >= 0.6 is 0 Å². The minimum atomic E-state index is -0.589. The molecule has 0 spiro atoms. The minimum absolute atomic E-state index is 0.00379. The summed E-state index contributed by atoms with van der Waals surface area (Å²) in [5.41, 5.74) is 5.01. The third-order valence-corrected chi connectivity index (χ3v) is 5.77. The van der Waals surface area contributed by atoms with E-state index in [9.17, 15) is 9.59 Å². The third kappa shape index (κ3) is 8.10. The van der Waals surface area contributed by atoms with Crippen molar-refractivity contribution in [1.29, 1.82) is 0 Å². The van der Waals surface area contributed by atoms with Crippen LogP contribution in [0.5, 0.6) is 0 Å². The molecule has 0 aromatic carbocycles. The molecule has 0 aliphatic carbocycles. The fraction of sp³-hybridized carbons (Fsp3) is 0.905. The van der Waals surface area contributed by atoms with Crippen molar-refractivity contribution in [2.24, 2.45) is 5.73 Å². The third-order valence-electron chi connectivity index (χ3n) is 5.77. The number of hydrogen-bond acceptors (Lipinski definition) is 6. The molecule has 0 unspecified atom stereocenters. The van der Waals surface area contributed by atoms with Crippen LogP contribution in [0.15, 0.2) is 0 Å². The normalized spacial score (nSPS) is 21.1.